The number of nitrogens with zero attached hydrogens (tertiary/aromatic N) is 1. The Morgan fingerprint density at radius 2 is 2.25 bits per heavy atom. The number of hydrogen-bond donors (Lipinski definition) is 3. The van der Waals surface area contributed by atoms with Gasteiger partial charge in [0.15, 0.2) is 0 Å². The van der Waals surface area contributed by atoms with Crippen molar-refractivity contribution in [2.75, 3.05) is 5.73 Å². The molecule has 5 N–H and O–H groups in total. The van der Waals surface area contributed by atoms with Gasteiger partial charge in [-0.05, 0) is 24.1 Å². The summed E-state index contributed by atoms with van der Waals surface area (Å²) in [4.78, 5) is 3.97. The standard InChI is InChI=1S/C8H13N3O/c1-5-2-8(10)11-7(4-12)6(5)3-9/h2,12H,3-4,9H2,1H3,(H2,10,11). The summed E-state index contributed by atoms with van der Waals surface area (Å²) in [6.07, 6.45) is 0. The van der Waals surface area contributed by atoms with Gasteiger partial charge in [-0.15, -0.1) is 0 Å². The Hall–Kier alpha value is -1.13. The molecule has 1 aromatic rings. The molecule has 12 heavy (non-hydrogen) atoms. The number of nitrogens with two attached hydrogens (primary N) is 2. The van der Waals surface area contributed by atoms with Gasteiger partial charge in [-0.1, -0.05) is 0 Å². The maximum absolute atomic E-state index is 8.92. The molecule has 0 aromatic carbocycles. The number of aryl methyl sites for hydroxylation is 1. The van der Waals surface area contributed by atoms with Crippen molar-refractivity contribution >= 4 is 5.82 Å². The second-order valence-electron chi connectivity index (χ2n) is 2.65. The van der Waals surface area contributed by atoms with Gasteiger partial charge in [0.05, 0.1) is 12.3 Å². The lowest BCUT2D eigenvalue weighted by Gasteiger charge is -2.08. The fourth-order valence-electron chi connectivity index (χ4n) is 1.20. The minimum atomic E-state index is -0.113. The van der Waals surface area contributed by atoms with E-state index < -0.39 is 0 Å². The van der Waals surface area contributed by atoms with Crippen LogP contribution in [0.2, 0.25) is 0 Å². The Balaban J connectivity index is 3.24. The third kappa shape index (κ3) is 1.54. The third-order valence-electron chi connectivity index (χ3n) is 1.81. The minimum Gasteiger partial charge on any atom is -0.390 e. The highest BCUT2D eigenvalue weighted by atomic mass is 16.3. The van der Waals surface area contributed by atoms with E-state index in [1.807, 2.05) is 6.92 Å². The lowest BCUT2D eigenvalue weighted by molar-refractivity contribution is 0.275. The van der Waals surface area contributed by atoms with Crippen molar-refractivity contribution in [3.05, 3.63) is 22.9 Å². The molecule has 0 bridgehead atoms. The van der Waals surface area contributed by atoms with Crippen molar-refractivity contribution < 1.29 is 5.11 Å². The van der Waals surface area contributed by atoms with Crippen LogP contribution in [0.25, 0.3) is 0 Å². The summed E-state index contributed by atoms with van der Waals surface area (Å²) in [5, 5.41) is 8.92. The van der Waals surface area contributed by atoms with E-state index in [-0.39, 0.29) is 6.61 Å². The molecule has 4 nitrogen and oxygen atoms in total. The van der Waals surface area contributed by atoms with Crippen molar-refractivity contribution in [2.45, 2.75) is 20.1 Å². The van der Waals surface area contributed by atoms with Crippen LogP contribution in [0.4, 0.5) is 5.82 Å². The lowest BCUT2D eigenvalue weighted by atomic mass is 10.1. The Kier molecular flexibility index (Phi) is 2.62. The number of hydrogen-bond acceptors (Lipinski definition) is 4. The molecule has 4 heteroatoms. The van der Waals surface area contributed by atoms with Crippen LogP contribution in [0.5, 0.6) is 0 Å². The highest BCUT2D eigenvalue weighted by Crippen LogP contribution is 2.14. The highest BCUT2D eigenvalue weighted by Gasteiger charge is 2.05. The first-order valence-electron chi connectivity index (χ1n) is 3.74. The van der Waals surface area contributed by atoms with E-state index in [1.165, 1.54) is 0 Å². The SMILES string of the molecule is Cc1cc(N)nc(CO)c1CN. The molecule has 0 saturated heterocycles. The van der Waals surface area contributed by atoms with Crippen LogP contribution in [0, 0.1) is 6.92 Å². The average molecular weight is 167 g/mol. The largest absolute Gasteiger partial charge is 0.390 e. The Morgan fingerprint density at radius 1 is 1.58 bits per heavy atom. The molecule has 66 valence electrons. The minimum absolute atomic E-state index is 0.113. The number of nitrogen functional groups attached to an aromatic ring is 1. The van der Waals surface area contributed by atoms with Gasteiger partial charge in [-0.2, -0.15) is 0 Å². The number of aromatic nitrogens is 1. The summed E-state index contributed by atoms with van der Waals surface area (Å²) < 4.78 is 0. The molecule has 0 spiro atoms. The molecule has 0 atom stereocenters. The fraction of sp³-hybridized carbons (Fsp3) is 0.375. The molecule has 0 amide bonds. The zero-order chi connectivity index (χ0) is 9.14. The average Bonchev–Trinajstić information content (AvgIpc) is 2.03. The van der Waals surface area contributed by atoms with Crippen LogP contribution in [0.3, 0.4) is 0 Å². The number of anilines is 1. The van der Waals surface area contributed by atoms with Crippen LogP contribution in [0.15, 0.2) is 6.07 Å². The fourth-order valence-corrected chi connectivity index (χ4v) is 1.20. The van der Waals surface area contributed by atoms with E-state index in [2.05, 4.69) is 4.98 Å². The molecule has 1 heterocycles. The number of aliphatic hydroxyl groups excluding tert-OH is 1. The van der Waals surface area contributed by atoms with Crippen molar-refractivity contribution in [2.24, 2.45) is 5.73 Å². The van der Waals surface area contributed by atoms with Crippen LogP contribution >= 0.6 is 0 Å². The highest BCUT2D eigenvalue weighted by molar-refractivity contribution is 5.40. The maximum Gasteiger partial charge on any atom is 0.124 e. The summed E-state index contributed by atoms with van der Waals surface area (Å²) >= 11 is 0. The predicted molar refractivity (Wildman–Crippen MR) is 47.2 cm³/mol. The van der Waals surface area contributed by atoms with Crippen molar-refractivity contribution in [1.29, 1.82) is 0 Å². The molecule has 0 saturated carbocycles. The topological polar surface area (TPSA) is 85.2 Å². The monoisotopic (exact) mass is 167 g/mol. The third-order valence-corrected chi connectivity index (χ3v) is 1.81. The summed E-state index contributed by atoms with van der Waals surface area (Å²) in [6, 6.07) is 1.75. The van der Waals surface area contributed by atoms with Gasteiger partial charge in [-0.25, -0.2) is 4.98 Å². The number of aliphatic hydroxyl groups is 1. The van der Waals surface area contributed by atoms with Crippen LogP contribution in [-0.2, 0) is 13.2 Å². The van der Waals surface area contributed by atoms with Crippen molar-refractivity contribution in [3.8, 4) is 0 Å². The molecule has 0 aliphatic rings. The van der Waals surface area contributed by atoms with Gasteiger partial charge in [0, 0.05) is 6.54 Å². The molecule has 0 aliphatic carbocycles. The van der Waals surface area contributed by atoms with Gasteiger partial charge in [-0.3, -0.25) is 0 Å². The molecular formula is C8H13N3O. The maximum atomic E-state index is 8.92. The predicted octanol–water partition coefficient (Wildman–Crippen LogP) is -0.0768. The molecular weight excluding hydrogens is 154 g/mol. The first-order valence-corrected chi connectivity index (χ1v) is 3.74. The lowest BCUT2D eigenvalue weighted by Crippen LogP contribution is -2.08. The van der Waals surface area contributed by atoms with Gasteiger partial charge in [0.25, 0.3) is 0 Å². The zero-order valence-corrected chi connectivity index (χ0v) is 7.04. The van der Waals surface area contributed by atoms with E-state index in [9.17, 15) is 0 Å². The molecule has 0 radical (unpaired) electrons. The van der Waals surface area contributed by atoms with Gasteiger partial charge in [0.1, 0.15) is 5.82 Å². The molecule has 0 aliphatic heterocycles. The normalized spacial score (nSPS) is 10.2. The van der Waals surface area contributed by atoms with Gasteiger partial charge < -0.3 is 16.6 Å². The summed E-state index contributed by atoms with van der Waals surface area (Å²) in [5.41, 5.74) is 13.4. The second kappa shape index (κ2) is 3.51. The molecule has 0 unspecified atom stereocenters. The van der Waals surface area contributed by atoms with E-state index in [4.69, 9.17) is 16.6 Å². The van der Waals surface area contributed by atoms with E-state index in [0.717, 1.165) is 11.1 Å². The van der Waals surface area contributed by atoms with Crippen molar-refractivity contribution in [3.63, 3.8) is 0 Å². The van der Waals surface area contributed by atoms with Crippen molar-refractivity contribution in [1.82, 2.24) is 4.98 Å². The zero-order valence-electron chi connectivity index (χ0n) is 7.04. The summed E-state index contributed by atoms with van der Waals surface area (Å²) in [7, 11) is 0. The van der Waals surface area contributed by atoms with Crippen LogP contribution < -0.4 is 11.5 Å². The number of pyridine rings is 1. The van der Waals surface area contributed by atoms with Crippen LogP contribution in [0.1, 0.15) is 16.8 Å². The number of rotatable bonds is 2. The first kappa shape index (κ1) is 8.96. The molecule has 1 aromatic heterocycles. The van der Waals surface area contributed by atoms with E-state index in [1.54, 1.807) is 6.07 Å². The molecule has 1 rings (SSSR count). The van der Waals surface area contributed by atoms with Gasteiger partial charge >= 0.3 is 0 Å². The van der Waals surface area contributed by atoms with E-state index >= 15 is 0 Å². The quantitative estimate of drug-likeness (QED) is 0.575. The van der Waals surface area contributed by atoms with E-state index in [0.29, 0.717) is 18.1 Å². The second-order valence-corrected chi connectivity index (χ2v) is 2.65. The van der Waals surface area contributed by atoms with Gasteiger partial charge in [0.2, 0.25) is 0 Å². The Labute approximate surface area is 71.2 Å². The first-order chi connectivity index (χ1) is 5.69. The van der Waals surface area contributed by atoms with Crippen LogP contribution in [-0.4, -0.2) is 10.1 Å². The Bertz CT molecular complexity index is 286. The molecule has 0 fully saturated rings. The summed E-state index contributed by atoms with van der Waals surface area (Å²) in [5.74, 6) is 0.425. The smallest absolute Gasteiger partial charge is 0.124 e. The Morgan fingerprint density at radius 3 is 2.75 bits per heavy atom. The summed E-state index contributed by atoms with van der Waals surface area (Å²) in [6.45, 7) is 2.17.